The van der Waals surface area contributed by atoms with Crippen molar-refractivity contribution in [2.45, 2.75) is 13.8 Å². The van der Waals surface area contributed by atoms with Gasteiger partial charge in [0, 0.05) is 11.3 Å². The normalized spacial score (nSPS) is 10.0. The van der Waals surface area contributed by atoms with Gasteiger partial charge in [-0.3, -0.25) is 5.41 Å². The number of benzene rings is 2. The molecule has 0 aliphatic rings. The predicted molar refractivity (Wildman–Crippen MR) is 86.0 cm³/mol. The molecule has 0 aliphatic carbocycles. The van der Waals surface area contributed by atoms with Crippen LogP contribution in [0.3, 0.4) is 0 Å². The van der Waals surface area contributed by atoms with Crippen molar-refractivity contribution in [2.24, 2.45) is 5.73 Å². The zero-order valence-electron chi connectivity index (χ0n) is 12.0. The molecule has 0 unspecified atom stereocenters. The number of hydrogen-bond acceptors (Lipinski definition) is 2. The molecule has 2 aromatic rings. The lowest BCUT2D eigenvalue weighted by Crippen LogP contribution is -2.23. The first kappa shape index (κ1) is 14.6. The minimum atomic E-state index is -0.369. The molecule has 0 fully saturated rings. The van der Waals surface area contributed by atoms with Crippen molar-refractivity contribution in [3.8, 4) is 0 Å². The van der Waals surface area contributed by atoms with Gasteiger partial charge in [-0.25, -0.2) is 4.79 Å². The molecule has 5 nitrogen and oxygen atoms in total. The number of nitrogens with two attached hydrogens (primary N) is 1. The lowest BCUT2D eigenvalue weighted by atomic mass is 10.1. The zero-order chi connectivity index (χ0) is 15.4. The monoisotopic (exact) mass is 282 g/mol. The quantitative estimate of drug-likeness (QED) is 0.514. The van der Waals surface area contributed by atoms with E-state index in [9.17, 15) is 4.79 Å². The molecule has 0 aromatic heterocycles. The van der Waals surface area contributed by atoms with Gasteiger partial charge in [-0.1, -0.05) is 29.8 Å². The SMILES string of the molecule is Cc1ccc(NC(=O)Nc2cccc(C)c2C(=N)N)cc1. The summed E-state index contributed by atoms with van der Waals surface area (Å²) in [6, 6.07) is 12.5. The number of nitrogen functional groups attached to an aromatic ring is 1. The predicted octanol–water partition coefficient (Wildman–Crippen LogP) is 3.23. The van der Waals surface area contributed by atoms with E-state index in [-0.39, 0.29) is 11.9 Å². The lowest BCUT2D eigenvalue weighted by molar-refractivity contribution is 0.262. The van der Waals surface area contributed by atoms with Gasteiger partial charge >= 0.3 is 6.03 Å². The zero-order valence-corrected chi connectivity index (χ0v) is 12.0. The molecule has 5 N–H and O–H groups in total. The number of anilines is 2. The van der Waals surface area contributed by atoms with E-state index >= 15 is 0 Å². The van der Waals surface area contributed by atoms with Crippen LogP contribution >= 0.6 is 0 Å². The number of rotatable bonds is 3. The summed E-state index contributed by atoms with van der Waals surface area (Å²) in [5.74, 6) is -0.0706. The van der Waals surface area contributed by atoms with E-state index in [0.29, 0.717) is 16.9 Å². The maximum atomic E-state index is 12.0. The molecular formula is C16H18N4O. The van der Waals surface area contributed by atoms with E-state index in [0.717, 1.165) is 11.1 Å². The highest BCUT2D eigenvalue weighted by Gasteiger charge is 2.11. The maximum absolute atomic E-state index is 12.0. The van der Waals surface area contributed by atoms with Crippen LogP contribution in [0, 0.1) is 19.3 Å². The van der Waals surface area contributed by atoms with Crippen LogP contribution in [-0.2, 0) is 0 Å². The van der Waals surface area contributed by atoms with Gasteiger partial charge in [0.1, 0.15) is 5.84 Å². The number of nitrogens with one attached hydrogen (secondary N) is 3. The second-order valence-corrected chi connectivity index (χ2v) is 4.86. The molecule has 5 heteroatoms. The fourth-order valence-corrected chi connectivity index (χ4v) is 2.05. The number of carbonyl (C=O) groups excluding carboxylic acids is 1. The third-order valence-electron chi connectivity index (χ3n) is 3.10. The van der Waals surface area contributed by atoms with Gasteiger partial charge in [0.25, 0.3) is 0 Å². The van der Waals surface area contributed by atoms with E-state index in [4.69, 9.17) is 11.1 Å². The number of carbonyl (C=O) groups is 1. The minimum absolute atomic E-state index is 0.0706. The first-order valence-corrected chi connectivity index (χ1v) is 6.56. The van der Waals surface area contributed by atoms with E-state index in [1.807, 2.05) is 50.2 Å². The largest absolute Gasteiger partial charge is 0.384 e. The minimum Gasteiger partial charge on any atom is -0.384 e. The lowest BCUT2D eigenvalue weighted by Gasteiger charge is -2.13. The first-order chi connectivity index (χ1) is 9.97. The van der Waals surface area contributed by atoms with E-state index < -0.39 is 0 Å². The molecular weight excluding hydrogens is 264 g/mol. The summed E-state index contributed by atoms with van der Waals surface area (Å²) in [4.78, 5) is 12.0. The molecule has 21 heavy (non-hydrogen) atoms. The Hall–Kier alpha value is -2.82. The summed E-state index contributed by atoms with van der Waals surface area (Å²) in [6.45, 7) is 3.83. The van der Waals surface area contributed by atoms with Crippen LogP contribution in [-0.4, -0.2) is 11.9 Å². The van der Waals surface area contributed by atoms with Crippen molar-refractivity contribution < 1.29 is 4.79 Å². The molecule has 0 atom stereocenters. The highest BCUT2D eigenvalue weighted by Crippen LogP contribution is 2.19. The summed E-state index contributed by atoms with van der Waals surface area (Å²) in [6.07, 6.45) is 0. The van der Waals surface area contributed by atoms with Crippen molar-refractivity contribution in [1.29, 1.82) is 5.41 Å². The fraction of sp³-hybridized carbons (Fsp3) is 0.125. The van der Waals surface area contributed by atoms with E-state index in [1.165, 1.54) is 0 Å². The fourth-order valence-electron chi connectivity index (χ4n) is 2.05. The molecule has 2 amide bonds. The van der Waals surface area contributed by atoms with Crippen molar-refractivity contribution in [1.82, 2.24) is 0 Å². The summed E-state index contributed by atoms with van der Waals surface area (Å²) >= 11 is 0. The van der Waals surface area contributed by atoms with E-state index in [2.05, 4.69) is 10.6 Å². The van der Waals surface area contributed by atoms with Crippen LogP contribution < -0.4 is 16.4 Å². The number of hydrogen-bond donors (Lipinski definition) is 4. The van der Waals surface area contributed by atoms with Gasteiger partial charge in [-0.2, -0.15) is 0 Å². The standard InChI is InChI=1S/C16H18N4O/c1-10-6-8-12(9-7-10)19-16(21)20-13-5-3-4-11(2)14(13)15(17)18/h3-9H,1-2H3,(H3,17,18)(H2,19,20,21). The molecule has 108 valence electrons. The molecule has 0 heterocycles. The third-order valence-corrected chi connectivity index (χ3v) is 3.10. The van der Waals surface area contributed by atoms with Crippen molar-refractivity contribution in [2.75, 3.05) is 10.6 Å². The Morgan fingerprint density at radius 2 is 1.71 bits per heavy atom. The molecule has 0 bridgehead atoms. The van der Waals surface area contributed by atoms with Crippen LogP contribution in [0.25, 0.3) is 0 Å². The third kappa shape index (κ3) is 3.60. The molecule has 2 rings (SSSR count). The molecule has 0 saturated heterocycles. The number of amides is 2. The Kier molecular flexibility index (Phi) is 4.23. The van der Waals surface area contributed by atoms with E-state index in [1.54, 1.807) is 6.07 Å². The summed E-state index contributed by atoms with van der Waals surface area (Å²) < 4.78 is 0. The average molecular weight is 282 g/mol. The van der Waals surface area contributed by atoms with Crippen molar-refractivity contribution in [3.63, 3.8) is 0 Å². The Labute approximate surface area is 123 Å². The number of aryl methyl sites for hydroxylation is 2. The van der Waals surface area contributed by atoms with Gasteiger partial charge in [0.15, 0.2) is 0 Å². The van der Waals surface area contributed by atoms with Crippen LogP contribution in [0.15, 0.2) is 42.5 Å². The molecule has 0 spiro atoms. The van der Waals surface area contributed by atoms with Gasteiger partial charge in [-0.05, 0) is 37.6 Å². The van der Waals surface area contributed by atoms with Gasteiger partial charge < -0.3 is 16.4 Å². The van der Waals surface area contributed by atoms with Gasteiger partial charge in [0.05, 0.1) is 5.69 Å². The van der Waals surface area contributed by atoms with Crippen molar-refractivity contribution >= 4 is 23.2 Å². The molecule has 0 radical (unpaired) electrons. The van der Waals surface area contributed by atoms with Gasteiger partial charge in [-0.15, -0.1) is 0 Å². The Bertz CT molecular complexity index is 677. The van der Waals surface area contributed by atoms with Crippen LogP contribution in [0.4, 0.5) is 16.2 Å². The highest BCUT2D eigenvalue weighted by atomic mass is 16.2. The van der Waals surface area contributed by atoms with Crippen LogP contribution in [0.2, 0.25) is 0 Å². The molecule has 0 saturated carbocycles. The topological polar surface area (TPSA) is 91.0 Å². The Balaban J connectivity index is 2.15. The molecule has 2 aromatic carbocycles. The summed E-state index contributed by atoms with van der Waals surface area (Å²) in [5, 5.41) is 13.1. The second-order valence-electron chi connectivity index (χ2n) is 4.86. The maximum Gasteiger partial charge on any atom is 0.323 e. The van der Waals surface area contributed by atoms with Crippen molar-refractivity contribution in [3.05, 3.63) is 59.2 Å². The van der Waals surface area contributed by atoms with Gasteiger partial charge in [0.2, 0.25) is 0 Å². The Morgan fingerprint density at radius 3 is 2.33 bits per heavy atom. The van der Waals surface area contributed by atoms with Crippen LogP contribution in [0.5, 0.6) is 0 Å². The summed E-state index contributed by atoms with van der Waals surface area (Å²) in [7, 11) is 0. The first-order valence-electron chi connectivity index (χ1n) is 6.56. The number of urea groups is 1. The second kappa shape index (κ2) is 6.09. The Morgan fingerprint density at radius 1 is 1.05 bits per heavy atom. The number of amidine groups is 1. The smallest absolute Gasteiger partial charge is 0.323 e. The highest BCUT2D eigenvalue weighted by molar-refractivity contribution is 6.07. The van der Waals surface area contributed by atoms with Crippen LogP contribution in [0.1, 0.15) is 16.7 Å². The summed E-state index contributed by atoms with van der Waals surface area (Å²) in [5.41, 5.74) is 9.30. The average Bonchev–Trinajstić information content (AvgIpc) is 2.41. The molecule has 0 aliphatic heterocycles.